The van der Waals surface area contributed by atoms with Gasteiger partial charge in [-0.05, 0) is 42.9 Å². The zero-order valence-electron chi connectivity index (χ0n) is 14.7. The molecule has 7 heteroatoms. The number of aryl methyl sites for hydroxylation is 1. The first-order chi connectivity index (χ1) is 12.3. The predicted molar refractivity (Wildman–Crippen MR) is 97.5 cm³/mol. The Bertz CT molecular complexity index is 666. The SMILES string of the molecule is CN=C(NCCCn1cccn1)NCc1ccnc(OCC2CC2)c1. The number of aromatic nitrogens is 3. The minimum atomic E-state index is 0.682. The van der Waals surface area contributed by atoms with Crippen molar-refractivity contribution in [2.24, 2.45) is 10.9 Å². The molecule has 0 bridgehead atoms. The zero-order valence-corrected chi connectivity index (χ0v) is 14.7. The van der Waals surface area contributed by atoms with Gasteiger partial charge in [0.15, 0.2) is 5.96 Å². The van der Waals surface area contributed by atoms with Gasteiger partial charge in [-0.3, -0.25) is 9.67 Å². The van der Waals surface area contributed by atoms with Crippen molar-refractivity contribution in [2.45, 2.75) is 32.4 Å². The molecule has 0 saturated heterocycles. The van der Waals surface area contributed by atoms with E-state index in [4.69, 9.17) is 4.74 Å². The average Bonchev–Trinajstić information content (AvgIpc) is 3.33. The molecule has 0 radical (unpaired) electrons. The van der Waals surface area contributed by atoms with E-state index < -0.39 is 0 Å². The first-order valence-corrected chi connectivity index (χ1v) is 8.83. The highest BCUT2D eigenvalue weighted by atomic mass is 16.5. The molecule has 3 rings (SSSR count). The number of nitrogens with zero attached hydrogens (tertiary/aromatic N) is 4. The summed E-state index contributed by atoms with van der Waals surface area (Å²) in [5.74, 6) is 2.22. The van der Waals surface area contributed by atoms with E-state index in [9.17, 15) is 0 Å². The average molecular weight is 342 g/mol. The molecular weight excluding hydrogens is 316 g/mol. The number of hydrogen-bond donors (Lipinski definition) is 2. The molecule has 2 aromatic heterocycles. The van der Waals surface area contributed by atoms with Crippen LogP contribution in [0.1, 0.15) is 24.8 Å². The Morgan fingerprint density at radius 2 is 2.28 bits per heavy atom. The molecule has 7 nitrogen and oxygen atoms in total. The first kappa shape index (κ1) is 17.3. The van der Waals surface area contributed by atoms with Crippen LogP contribution in [0.3, 0.4) is 0 Å². The fourth-order valence-corrected chi connectivity index (χ4v) is 2.41. The Morgan fingerprint density at radius 3 is 3.04 bits per heavy atom. The van der Waals surface area contributed by atoms with Gasteiger partial charge in [0.1, 0.15) is 0 Å². The highest BCUT2D eigenvalue weighted by Gasteiger charge is 2.22. The summed E-state index contributed by atoms with van der Waals surface area (Å²) in [7, 11) is 1.78. The second-order valence-electron chi connectivity index (χ2n) is 6.23. The third-order valence-corrected chi connectivity index (χ3v) is 4.06. The van der Waals surface area contributed by atoms with Crippen LogP contribution in [0.5, 0.6) is 5.88 Å². The normalized spacial score (nSPS) is 14.4. The maximum atomic E-state index is 5.73. The third kappa shape index (κ3) is 6.10. The Morgan fingerprint density at radius 1 is 1.36 bits per heavy atom. The predicted octanol–water partition coefficient (Wildman–Crippen LogP) is 1.82. The molecule has 0 spiro atoms. The molecule has 2 aromatic rings. The van der Waals surface area contributed by atoms with E-state index in [-0.39, 0.29) is 0 Å². The third-order valence-electron chi connectivity index (χ3n) is 4.06. The van der Waals surface area contributed by atoms with Crippen molar-refractivity contribution in [3.05, 3.63) is 42.4 Å². The van der Waals surface area contributed by atoms with Crippen molar-refractivity contribution in [2.75, 3.05) is 20.2 Å². The van der Waals surface area contributed by atoms with Crippen molar-refractivity contribution in [1.82, 2.24) is 25.4 Å². The van der Waals surface area contributed by atoms with Gasteiger partial charge in [0.2, 0.25) is 5.88 Å². The fraction of sp³-hybridized carbons (Fsp3) is 0.500. The molecule has 0 amide bonds. The maximum Gasteiger partial charge on any atom is 0.213 e. The highest BCUT2D eigenvalue weighted by molar-refractivity contribution is 5.79. The van der Waals surface area contributed by atoms with Gasteiger partial charge in [-0.2, -0.15) is 5.10 Å². The number of pyridine rings is 1. The van der Waals surface area contributed by atoms with E-state index in [2.05, 4.69) is 25.7 Å². The van der Waals surface area contributed by atoms with Crippen molar-refractivity contribution < 1.29 is 4.74 Å². The number of guanidine groups is 1. The number of aliphatic imine (C=N–C) groups is 1. The van der Waals surface area contributed by atoms with Crippen LogP contribution in [0.4, 0.5) is 0 Å². The van der Waals surface area contributed by atoms with Gasteiger partial charge >= 0.3 is 0 Å². The van der Waals surface area contributed by atoms with E-state index in [1.54, 1.807) is 19.4 Å². The van der Waals surface area contributed by atoms with Crippen LogP contribution in [0.2, 0.25) is 0 Å². The minimum absolute atomic E-state index is 0.682. The second kappa shape index (κ2) is 9.05. The van der Waals surface area contributed by atoms with E-state index in [1.807, 2.05) is 29.1 Å². The van der Waals surface area contributed by atoms with Crippen LogP contribution < -0.4 is 15.4 Å². The molecule has 25 heavy (non-hydrogen) atoms. The van der Waals surface area contributed by atoms with E-state index in [0.717, 1.165) is 43.6 Å². The summed E-state index contributed by atoms with van der Waals surface area (Å²) in [5.41, 5.74) is 1.13. The van der Waals surface area contributed by atoms with Gasteiger partial charge in [-0.25, -0.2) is 4.98 Å². The van der Waals surface area contributed by atoms with Crippen molar-refractivity contribution in [1.29, 1.82) is 0 Å². The van der Waals surface area contributed by atoms with Crippen LogP contribution in [-0.4, -0.2) is 40.9 Å². The molecule has 134 valence electrons. The Kier molecular flexibility index (Phi) is 6.25. The van der Waals surface area contributed by atoms with Gasteiger partial charge in [0, 0.05) is 51.3 Å². The first-order valence-electron chi connectivity index (χ1n) is 8.83. The van der Waals surface area contributed by atoms with E-state index in [0.29, 0.717) is 12.4 Å². The molecule has 1 aliphatic rings. The molecule has 2 N–H and O–H groups in total. The van der Waals surface area contributed by atoms with Crippen molar-refractivity contribution in [3.8, 4) is 5.88 Å². The topological polar surface area (TPSA) is 76.4 Å². The highest BCUT2D eigenvalue weighted by Crippen LogP contribution is 2.29. The van der Waals surface area contributed by atoms with E-state index in [1.165, 1.54) is 12.8 Å². The summed E-state index contributed by atoms with van der Waals surface area (Å²) in [5, 5.41) is 10.8. The van der Waals surface area contributed by atoms with E-state index >= 15 is 0 Å². The Labute approximate surface area is 148 Å². The summed E-state index contributed by atoms with van der Waals surface area (Å²) in [6.45, 7) is 3.19. The van der Waals surface area contributed by atoms with Crippen LogP contribution in [0.25, 0.3) is 0 Å². The number of rotatable bonds is 9. The summed E-state index contributed by atoms with van der Waals surface area (Å²) in [6, 6.07) is 5.91. The van der Waals surface area contributed by atoms with Crippen LogP contribution >= 0.6 is 0 Å². The number of hydrogen-bond acceptors (Lipinski definition) is 4. The standard InChI is InChI=1S/C18H26N6O/c1-19-18(21-7-2-10-24-11-3-8-23-24)22-13-16-6-9-20-17(12-16)25-14-15-4-5-15/h3,6,8-9,11-12,15H,2,4-5,7,10,13-14H2,1H3,(H2,19,21,22). The lowest BCUT2D eigenvalue weighted by molar-refractivity contribution is 0.288. The Balaban J connectivity index is 1.37. The largest absolute Gasteiger partial charge is 0.477 e. The fourth-order valence-electron chi connectivity index (χ4n) is 2.41. The molecule has 0 unspecified atom stereocenters. The van der Waals surface area contributed by atoms with Gasteiger partial charge in [0.25, 0.3) is 0 Å². The summed E-state index contributed by atoms with van der Waals surface area (Å²) in [6.07, 6.45) is 9.11. The molecule has 0 aliphatic heterocycles. The lowest BCUT2D eigenvalue weighted by Gasteiger charge is -2.12. The summed E-state index contributed by atoms with van der Waals surface area (Å²) >= 11 is 0. The van der Waals surface area contributed by atoms with Gasteiger partial charge < -0.3 is 15.4 Å². The van der Waals surface area contributed by atoms with Gasteiger partial charge in [-0.15, -0.1) is 0 Å². The maximum absolute atomic E-state index is 5.73. The number of nitrogens with one attached hydrogen (secondary N) is 2. The molecular formula is C18H26N6O. The van der Waals surface area contributed by atoms with Crippen molar-refractivity contribution >= 4 is 5.96 Å². The van der Waals surface area contributed by atoms with Gasteiger partial charge in [0.05, 0.1) is 6.61 Å². The van der Waals surface area contributed by atoms with Crippen LogP contribution in [0, 0.1) is 5.92 Å². The summed E-state index contributed by atoms with van der Waals surface area (Å²) in [4.78, 5) is 8.52. The smallest absolute Gasteiger partial charge is 0.213 e. The zero-order chi connectivity index (χ0) is 17.3. The van der Waals surface area contributed by atoms with Gasteiger partial charge in [-0.1, -0.05) is 0 Å². The molecule has 0 atom stereocenters. The second-order valence-corrected chi connectivity index (χ2v) is 6.23. The quantitative estimate of drug-likeness (QED) is 0.413. The van der Waals surface area contributed by atoms with Crippen LogP contribution in [0.15, 0.2) is 41.8 Å². The number of ether oxygens (including phenoxy) is 1. The molecule has 1 saturated carbocycles. The lowest BCUT2D eigenvalue weighted by Crippen LogP contribution is -2.37. The molecule has 1 aliphatic carbocycles. The van der Waals surface area contributed by atoms with Crippen LogP contribution in [-0.2, 0) is 13.1 Å². The molecule has 1 fully saturated rings. The van der Waals surface area contributed by atoms with Crippen molar-refractivity contribution in [3.63, 3.8) is 0 Å². The monoisotopic (exact) mass is 342 g/mol. The summed E-state index contributed by atoms with van der Waals surface area (Å²) < 4.78 is 7.65. The molecule has 0 aromatic carbocycles. The molecule has 2 heterocycles. The minimum Gasteiger partial charge on any atom is -0.477 e. The lowest BCUT2D eigenvalue weighted by atomic mass is 10.2. The Hall–Kier alpha value is -2.57.